The Bertz CT molecular complexity index is 581. The summed E-state index contributed by atoms with van der Waals surface area (Å²) >= 11 is 0. The summed E-state index contributed by atoms with van der Waals surface area (Å²) in [5.74, 6) is 0.212. The van der Waals surface area contributed by atoms with Gasteiger partial charge in [-0.1, -0.05) is 34.6 Å². The number of Topliss-reactive ketones (excluding diaryl/α,β-unsaturated/α-hetero) is 1. The van der Waals surface area contributed by atoms with Gasteiger partial charge in [-0.3, -0.25) is 14.5 Å². The lowest BCUT2D eigenvalue weighted by molar-refractivity contribution is -0.161. The molecule has 0 atom stereocenters. The van der Waals surface area contributed by atoms with Gasteiger partial charge in [-0.15, -0.1) is 0 Å². The van der Waals surface area contributed by atoms with Gasteiger partial charge in [0.1, 0.15) is 18.3 Å². The van der Waals surface area contributed by atoms with Crippen LogP contribution in [-0.4, -0.2) is 40.9 Å². The maximum Gasteiger partial charge on any atom is 0.313 e. The van der Waals surface area contributed by atoms with E-state index in [1.807, 2.05) is 0 Å². The summed E-state index contributed by atoms with van der Waals surface area (Å²) < 4.78 is 5.81. The Morgan fingerprint density at radius 2 is 1.29 bits per heavy atom. The SMILES string of the molecule is CC1C(C)(C)CC(C(=O)CC(=O)OC2CC(C)(C)N(C)C(C)(C)C2)CC1(C)C. The van der Waals surface area contributed by atoms with Gasteiger partial charge in [0, 0.05) is 29.8 Å². The average molecular weight is 394 g/mol. The molecule has 0 aromatic carbocycles. The second-order valence-corrected chi connectivity index (χ2v) is 12.2. The van der Waals surface area contributed by atoms with Crippen LogP contribution >= 0.6 is 0 Å². The van der Waals surface area contributed by atoms with Gasteiger partial charge in [0.2, 0.25) is 0 Å². The first-order valence-corrected chi connectivity index (χ1v) is 10.9. The van der Waals surface area contributed by atoms with Gasteiger partial charge < -0.3 is 4.74 Å². The topological polar surface area (TPSA) is 46.6 Å². The molecule has 0 spiro atoms. The highest BCUT2D eigenvalue weighted by Crippen LogP contribution is 2.53. The molecule has 1 saturated carbocycles. The number of likely N-dealkylation sites (tertiary alicyclic amines) is 1. The van der Waals surface area contributed by atoms with Gasteiger partial charge in [0.05, 0.1) is 0 Å². The largest absolute Gasteiger partial charge is 0.462 e. The third kappa shape index (κ3) is 4.80. The van der Waals surface area contributed by atoms with Crippen LogP contribution in [0.5, 0.6) is 0 Å². The first-order chi connectivity index (χ1) is 12.5. The Morgan fingerprint density at radius 1 is 0.857 bits per heavy atom. The van der Waals surface area contributed by atoms with Crippen molar-refractivity contribution in [3.63, 3.8) is 0 Å². The second kappa shape index (κ2) is 7.41. The van der Waals surface area contributed by atoms with Crippen molar-refractivity contribution in [2.24, 2.45) is 22.7 Å². The predicted molar refractivity (Wildman–Crippen MR) is 114 cm³/mol. The lowest BCUT2D eigenvalue weighted by atomic mass is 9.54. The van der Waals surface area contributed by atoms with Crippen LogP contribution in [0.25, 0.3) is 0 Å². The minimum atomic E-state index is -0.347. The molecule has 0 bridgehead atoms. The summed E-state index contributed by atoms with van der Waals surface area (Å²) in [5.41, 5.74) is 0.135. The molecule has 0 aromatic heterocycles. The Balaban J connectivity index is 1.99. The van der Waals surface area contributed by atoms with Crippen LogP contribution in [0.1, 0.15) is 94.4 Å². The van der Waals surface area contributed by atoms with Gasteiger partial charge in [-0.25, -0.2) is 0 Å². The van der Waals surface area contributed by atoms with Gasteiger partial charge in [0.15, 0.2) is 0 Å². The normalized spacial score (nSPS) is 31.9. The number of rotatable bonds is 4. The lowest BCUT2D eigenvalue weighted by Crippen LogP contribution is -2.60. The van der Waals surface area contributed by atoms with Crippen LogP contribution < -0.4 is 0 Å². The number of carbonyl (C=O) groups excluding carboxylic acids is 2. The summed E-state index contributed by atoms with van der Waals surface area (Å²) in [7, 11) is 2.13. The molecule has 0 unspecified atom stereocenters. The molecule has 0 N–H and O–H groups in total. The van der Waals surface area contributed by atoms with E-state index in [9.17, 15) is 9.59 Å². The van der Waals surface area contributed by atoms with Crippen molar-refractivity contribution in [3.8, 4) is 0 Å². The molecule has 4 nitrogen and oxygen atoms in total. The molecule has 2 fully saturated rings. The van der Waals surface area contributed by atoms with Crippen molar-refractivity contribution in [3.05, 3.63) is 0 Å². The monoisotopic (exact) mass is 393 g/mol. The fourth-order valence-electron chi connectivity index (χ4n) is 5.86. The van der Waals surface area contributed by atoms with Gasteiger partial charge in [0.25, 0.3) is 0 Å². The van der Waals surface area contributed by atoms with Gasteiger partial charge >= 0.3 is 5.97 Å². The zero-order valence-corrected chi connectivity index (χ0v) is 19.9. The summed E-state index contributed by atoms with van der Waals surface area (Å²) in [6.07, 6.45) is 3.11. The molecule has 2 aliphatic rings. The van der Waals surface area contributed by atoms with E-state index in [4.69, 9.17) is 4.74 Å². The zero-order valence-electron chi connectivity index (χ0n) is 19.9. The fraction of sp³-hybridized carbons (Fsp3) is 0.917. The maximum atomic E-state index is 12.9. The highest BCUT2D eigenvalue weighted by molar-refractivity contribution is 5.97. The third-order valence-corrected chi connectivity index (χ3v) is 8.23. The van der Waals surface area contributed by atoms with Crippen LogP contribution in [0, 0.1) is 22.7 Å². The zero-order chi connectivity index (χ0) is 21.7. The quantitative estimate of drug-likeness (QED) is 0.484. The number of carbonyl (C=O) groups is 2. The molecule has 1 saturated heterocycles. The molecule has 0 aromatic rings. The van der Waals surface area contributed by atoms with E-state index in [0.717, 1.165) is 25.7 Å². The molecule has 2 rings (SSSR count). The van der Waals surface area contributed by atoms with E-state index in [1.54, 1.807) is 0 Å². The Morgan fingerprint density at radius 3 is 1.71 bits per heavy atom. The molecule has 1 aliphatic heterocycles. The number of nitrogens with zero attached hydrogens (tertiary/aromatic N) is 1. The minimum Gasteiger partial charge on any atom is -0.462 e. The molecule has 162 valence electrons. The number of piperidine rings is 1. The van der Waals surface area contributed by atoms with Crippen molar-refractivity contribution in [2.75, 3.05) is 7.05 Å². The highest BCUT2D eigenvalue weighted by atomic mass is 16.5. The van der Waals surface area contributed by atoms with E-state index < -0.39 is 0 Å². The molecule has 0 radical (unpaired) electrons. The molecule has 0 amide bonds. The molecule has 1 aliphatic carbocycles. The predicted octanol–water partition coefficient (Wildman–Crippen LogP) is 5.24. The van der Waals surface area contributed by atoms with Crippen molar-refractivity contribution in [2.45, 2.75) is 112 Å². The molecular weight excluding hydrogens is 350 g/mol. The van der Waals surface area contributed by atoms with E-state index >= 15 is 0 Å². The Labute approximate surface area is 172 Å². The van der Waals surface area contributed by atoms with E-state index in [1.165, 1.54) is 0 Å². The summed E-state index contributed by atoms with van der Waals surface area (Å²) in [5, 5.41) is 0. The Hall–Kier alpha value is -0.900. The molecule has 1 heterocycles. The number of ketones is 1. The van der Waals surface area contributed by atoms with Crippen LogP contribution in [0.15, 0.2) is 0 Å². The lowest BCUT2D eigenvalue weighted by Gasteiger charge is -2.53. The first-order valence-electron chi connectivity index (χ1n) is 10.9. The summed E-state index contributed by atoms with van der Waals surface area (Å²) in [6.45, 7) is 20.0. The van der Waals surface area contributed by atoms with Crippen LogP contribution in [0.2, 0.25) is 0 Å². The maximum absolute atomic E-state index is 12.9. The standard InChI is InChI=1S/C24H43NO3/c1-16-21(2,3)12-17(13-22(16,4)5)19(26)11-20(27)28-18-14-23(6,7)25(10)24(8,9)15-18/h16-18H,11-15H2,1-10H3. The molecular formula is C24H43NO3. The average Bonchev–Trinajstić information content (AvgIpc) is 2.48. The van der Waals surface area contributed by atoms with Crippen LogP contribution in [-0.2, 0) is 14.3 Å². The van der Waals surface area contributed by atoms with Crippen LogP contribution in [0.4, 0.5) is 0 Å². The van der Waals surface area contributed by atoms with Gasteiger partial charge in [-0.2, -0.15) is 0 Å². The smallest absolute Gasteiger partial charge is 0.313 e. The summed E-state index contributed by atoms with van der Waals surface area (Å²) in [6, 6.07) is 0. The van der Waals surface area contributed by atoms with E-state index in [-0.39, 0.29) is 52.1 Å². The fourth-order valence-corrected chi connectivity index (χ4v) is 5.86. The summed E-state index contributed by atoms with van der Waals surface area (Å²) in [4.78, 5) is 27.9. The van der Waals surface area contributed by atoms with Crippen molar-refractivity contribution in [1.82, 2.24) is 4.90 Å². The second-order valence-electron chi connectivity index (χ2n) is 12.2. The van der Waals surface area contributed by atoms with E-state index in [2.05, 4.69) is 74.3 Å². The molecule has 28 heavy (non-hydrogen) atoms. The number of hydrogen-bond acceptors (Lipinski definition) is 4. The van der Waals surface area contributed by atoms with E-state index in [0.29, 0.717) is 5.92 Å². The number of hydrogen-bond donors (Lipinski definition) is 0. The highest BCUT2D eigenvalue weighted by Gasteiger charge is 2.47. The molecule has 4 heteroatoms. The number of ether oxygens (including phenoxy) is 1. The van der Waals surface area contributed by atoms with Gasteiger partial charge in [-0.05, 0) is 64.3 Å². The third-order valence-electron chi connectivity index (χ3n) is 8.23. The van der Waals surface area contributed by atoms with Crippen LogP contribution in [0.3, 0.4) is 0 Å². The van der Waals surface area contributed by atoms with Crippen molar-refractivity contribution < 1.29 is 14.3 Å². The minimum absolute atomic E-state index is 0.0374. The van der Waals surface area contributed by atoms with Crippen molar-refractivity contribution in [1.29, 1.82) is 0 Å². The first kappa shape index (κ1) is 23.4. The number of esters is 1. The van der Waals surface area contributed by atoms with Crippen molar-refractivity contribution >= 4 is 11.8 Å². The Kier molecular flexibility index (Phi) is 6.19.